The molecule has 208 valence electrons. The first-order valence-electron chi connectivity index (χ1n) is 13.8. The highest BCUT2D eigenvalue weighted by Crippen LogP contribution is 2.44. The maximum Gasteiger partial charge on any atom is 0.337 e. The number of carbonyl (C=O) groups is 1. The highest BCUT2D eigenvalue weighted by Gasteiger charge is 2.36. The van der Waals surface area contributed by atoms with Crippen molar-refractivity contribution < 1.29 is 24.1 Å². The molecular formula is C30H43N3O5. The van der Waals surface area contributed by atoms with E-state index < -0.39 is 17.7 Å². The largest absolute Gasteiger partial charge is 0.492 e. The third kappa shape index (κ3) is 6.64. The molecule has 2 fully saturated rings. The molecule has 0 spiro atoms. The Morgan fingerprint density at radius 3 is 2.53 bits per heavy atom. The molecule has 0 radical (unpaired) electrons. The van der Waals surface area contributed by atoms with E-state index in [1.807, 2.05) is 46.0 Å². The van der Waals surface area contributed by atoms with Gasteiger partial charge in [-0.2, -0.15) is 0 Å². The SMILES string of the molecule is CCC1(C)CCN(c2c(-c3ccc(OCC4CCOC4)cn3)cnc(C)c2[C@H](OC(C)(C)C)C(=O)O)CC1. The van der Waals surface area contributed by atoms with Gasteiger partial charge in [-0.3, -0.25) is 9.97 Å². The van der Waals surface area contributed by atoms with Gasteiger partial charge in [0.25, 0.3) is 0 Å². The van der Waals surface area contributed by atoms with Crippen LogP contribution in [0.4, 0.5) is 5.69 Å². The average Bonchev–Trinajstić information content (AvgIpc) is 3.40. The van der Waals surface area contributed by atoms with Gasteiger partial charge < -0.3 is 24.2 Å². The molecule has 2 aliphatic rings. The summed E-state index contributed by atoms with van der Waals surface area (Å²) in [7, 11) is 0. The number of pyridine rings is 2. The number of aliphatic carboxylic acids is 1. The lowest BCUT2D eigenvalue weighted by atomic mass is 9.78. The zero-order valence-corrected chi connectivity index (χ0v) is 23.7. The van der Waals surface area contributed by atoms with Crippen molar-refractivity contribution in [3.63, 3.8) is 0 Å². The Morgan fingerprint density at radius 2 is 1.97 bits per heavy atom. The Kier molecular flexibility index (Phi) is 8.62. The summed E-state index contributed by atoms with van der Waals surface area (Å²) in [5.41, 5.74) is 3.30. The molecule has 1 N–H and O–H groups in total. The molecule has 2 aromatic heterocycles. The predicted octanol–water partition coefficient (Wildman–Crippen LogP) is 5.82. The van der Waals surface area contributed by atoms with Gasteiger partial charge in [0.1, 0.15) is 5.75 Å². The Morgan fingerprint density at radius 1 is 1.24 bits per heavy atom. The lowest BCUT2D eigenvalue weighted by molar-refractivity contribution is -0.160. The standard InChI is InChI=1S/C30H43N3O5/c1-7-30(6)11-13-33(14-12-30)26-23(17-31-20(2)25(26)27(28(34)35)38-29(3,4)5)24-9-8-22(16-32-24)37-19-21-10-15-36-18-21/h8-9,16-17,21,27H,7,10-15,18-19H2,1-6H3,(H,34,35)/t21?,27-/m0/s1. The Balaban J connectivity index is 1.73. The predicted molar refractivity (Wildman–Crippen MR) is 148 cm³/mol. The van der Waals surface area contributed by atoms with Crippen molar-refractivity contribution in [1.82, 2.24) is 9.97 Å². The van der Waals surface area contributed by atoms with Gasteiger partial charge in [0.15, 0.2) is 6.10 Å². The van der Waals surface area contributed by atoms with E-state index in [1.165, 1.54) is 0 Å². The first-order valence-corrected chi connectivity index (χ1v) is 13.8. The fraction of sp³-hybridized carbons (Fsp3) is 0.633. The van der Waals surface area contributed by atoms with E-state index in [2.05, 4.69) is 23.7 Å². The molecule has 4 heterocycles. The van der Waals surface area contributed by atoms with Crippen LogP contribution in [0.5, 0.6) is 5.75 Å². The summed E-state index contributed by atoms with van der Waals surface area (Å²) < 4.78 is 17.5. The third-order valence-corrected chi connectivity index (χ3v) is 7.91. The number of rotatable bonds is 9. The van der Waals surface area contributed by atoms with Crippen LogP contribution in [0.15, 0.2) is 24.5 Å². The first-order chi connectivity index (χ1) is 18.0. The maximum atomic E-state index is 12.6. The van der Waals surface area contributed by atoms with Gasteiger partial charge in [-0.15, -0.1) is 0 Å². The summed E-state index contributed by atoms with van der Waals surface area (Å²) >= 11 is 0. The second-order valence-corrected chi connectivity index (χ2v) is 12.0. The minimum Gasteiger partial charge on any atom is -0.492 e. The maximum absolute atomic E-state index is 12.6. The fourth-order valence-corrected chi connectivity index (χ4v) is 5.21. The lowest BCUT2D eigenvalue weighted by Crippen LogP contribution is -2.40. The monoisotopic (exact) mass is 525 g/mol. The van der Waals surface area contributed by atoms with Crippen molar-refractivity contribution in [2.75, 3.05) is 37.8 Å². The molecule has 2 saturated heterocycles. The number of hydrogen-bond acceptors (Lipinski definition) is 7. The number of aryl methyl sites for hydroxylation is 1. The number of nitrogens with zero attached hydrogens (tertiary/aromatic N) is 3. The van der Waals surface area contributed by atoms with Crippen molar-refractivity contribution >= 4 is 11.7 Å². The van der Waals surface area contributed by atoms with Crippen molar-refractivity contribution in [2.24, 2.45) is 11.3 Å². The van der Waals surface area contributed by atoms with Crippen molar-refractivity contribution in [3.8, 4) is 17.0 Å². The molecule has 8 nitrogen and oxygen atoms in total. The van der Waals surface area contributed by atoms with Gasteiger partial charge in [0, 0.05) is 48.6 Å². The van der Waals surface area contributed by atoms with Crippen LogP contribution in [-0.4, -0.2) is 59.6 Å². The number of carboxylic acid groups (broad SMARTS) is 1. The van der Waals surface area contributed by atoms with E-state index in [4.69, 9.17) is 19.2 Å². The zero-order chi connectivity index (χ0) is 27.5. The van der Waals surface area contributed by atoms with Crippen molar-refractivity contribution in [1.29, 1.82) is 0 Å². The van der Waals surface area contributed by atoms with Gasteiger partial charge in [0.2, 0.25) is 0 Å². The molecule has 2 atom stereocenters. The molecule has 8 heteroatoms. The van der Waals surface area contributed by atoms with Crippen LogP contribution in [0.25, 0.3) is 11.3 Å². The van der Waals surface area contributed by atoms with Gasteiger partial charge in [-0.25, -0.2) is 4.79 Å². The fourth-order valence-electron chi connectivity index (χ4n) is 5.21. The third-order valence-electron chi connectivity index (χ3n) is 7.91. The molecular weight excluding hydrogens is 482 g/mol. The van der Waals surface area contributed by atoms with E-state index in [1.54, 1.807) is 6.20 Å². The van der Waals surface area contributed by atoms with E-state index in [9.17, 15) is 9.90 Å². The number of aromatic nitrogens is 2. The summed E-state index contributed by atoms with van der Waals surface area (Å²) in [5, 5.41) is 10.3. The van der Waals surface area contributed by atoms with Crippen LogP contribution in [-0.2, 0) is 14.3 Å². The number of piperidine rings is 1. The highest BCUT2D eigenvalue weighted by molar-refractivity contribution is 5.85. The molecule has 4 rings (SSSR count). The van der Waals surface area contributed by atoms with Gasteiger partial charge in [-0.1, -0.05) is 20.3 Å². The number of ether oxygens (including phenoxy) is 3. The van der Waals surface area contributed by atoms with Gasteiger partial charge in [-0.05, 0) is 64.5 Å². The van der Waals surface area contributed by atoms with Crippen LogP contribution in [0.1, 0.15) is 77.7 Å². The molecule has 0 bridgehead atoms. The molecule has 38 heavy (non-hydrogen) atoms. The normalized spacial score (nSPS) is 20.4. The molecule has 2 aromatic rings. The van der Waals surface area contributed by atoms with Crippen molar-refractivity contribution in [3.05, 3.63) is 35.8 Å². The van der Waals surface area contributed by atoms with Crippen LogP contribution < -0.4 is 9.64 Å². The summed E-state index contributed by atoms with van der Waals surface area (Å²) in [6.07, 6.45) is 6.61. The summed E-state index contributed by atoms with van der Waals surface area (Å²) in [6.45, 7) is 15.9. The van der Waals surface area contributed by atoms with Crippen LogP contribution in [0, 0.1) is 18.3 Å². The number of anilines is 1. The van der Waals surface area contributed by atoms with E-state index in [0.29, 0.717) is 29.5 Å². The zero-order valence-electron chi connectivity index (χ0n) is 23.7. The van der Waals surface area contributed by atoms with Crippen LogP contribution in [0.3, 0.4) is 0 Å². The highest BCUT2D eigenvalue weighted by atomic mass is 16.5. The molecule has 0 saturated carbocycles. The van der Waals surface area contributed by atoms with Crippen molar-refractivity contribution in [2.45, 2.75) is 78.9 Å². The van der Waals surface area contributed by atoms with Gasteiger partial charge >= 0.3 is 5.97 Å². The second-order valence-electron chi connectivity index (χ2n) is 12.0. The van der Waals surface area contributed by atoms with Crippen LogP contribution >= 0.6 is 0 Å². The van der Waals surface area contributed by atoms with E-state index in [-0.39, 0.29) is 5.41 Å². The lowest BCUT2D eigenvalue weighted by Gasteiger charge is -2.42. The summed E-state index contributed by atoms with van der Waals surface area (Å²) in [4.78, 5) is 24.3. The minimum absolute atomic E-state index is 0.286. The molecule has 0 aromatic carbocycles. The van der Waals surface area contributed by atoms with E-state index >= 15 is 0 Å². The Hall–Kier alpha value is -2.71. The van der Waals surface area contributed by atoms with Gasteiger partial charge in [0.05, 0.1) is 36.4 Å². The molecule has 0 amide bonds. The van der Waals surface area contributed by atoms with Crippen LogP contribution in [0.2, 0.25) is 0 Å². The quantitative estimate of drug-likeness (QED) is 0.437. The number of carboxylic acids is 1. The summed E-state index contributed by atoms with van der Waals surface area (Å²) in [6, 6.07) is 3.85. The smallest absolute Gasteiger partial charge is 0.337 e. The Bertz CT molecular complexity index is 1100. The topological polar surface area (TPSA) is 94.0 Å². The second kappa shape index (κ2) is 11.6. The van der Waals surface area contributed by atoms with E-state index in [0.717, 1.165) is 68.9 Å². The Labute approximate surface area is 226 Å². The summed E-state index contributed by atoms with van der Waals surface area (Å²) in [5.74, 6) is 0.0960. The minimum atomic E-state index is -1.15. The average molecular weight is 526 g/mol. The molecule has 2 aliphatic heterocycles. The number of hydrogen-bond donors (Lipinski definition) is 1. The first kappa shape index (κ1) is 28.3. The molecule has 0 aliphatic carbocycles. The molecule has 1 unspecified atom stereocenters.